The van der Waals surface area contributed by atoms with E-state index in [0.717, 1.165) is 0 Å². The molecule has 0 saturated heterocycles. The van der Waals surface area contributed by atoms with Gasteiger partial charge >= 0.3 is 5.97 Å². The molecule has 0 aromatic carbocycles. The summed E-state index contributed by atoms with van der Waals surface area (Å²) >= 11 is 3.21. The third-order valence-electron chi connectivity index (χ3n) is 2.76. The van der Waals surface area contributed by atoms with Crippen LogP contribution >= 0.6 is 15.9 Å². The van der Waals surface area contributed by atoms with E-state index in [0.29, 0.717) is 10.3 Å². The predicted octanol–water partition coefficient (Wildman–Crippen LogP) is 3.23. The maximum absolute atomic E-state index is 12.7. The SMILES string of the molecule is CCOC(=O)c1nc(NC2CC(F)(F)C2)ccc1Br. The zero-order valence-electron chi connectivity index (χ0n) is 10.3. The van der Waals surface area contributed by atoms with E-state index in [2.05, 4.69) is 26.2 Å². The van der Waals surface area contributed by atoms with Gasteiger partial charge in [0, 0.05) is 18.9 Å². The Morgan fingerprint density at radius 3 is 2.84 bits per heavy atom. The zero-order valence-corrected chi connectivity index (χ0v) is 11.8. The van der Waals surface area contributed by atoms with Gasteiger partial charge in [0.1, 0.15) is 5.82 Å². The van der Waals surface area contributed by atoms with Crippen molar-refractivity contribution in [2.75, 3.05) is 11.9 Å². The van der Waals surface area contributed by atoms with Gasteiger partial charge in [-0.15, -0.1) is 0 Å². The van der Waals surface area contributed by atoms with Crippen LogP contribution in [0.2, 0.25) is 0 Å². The van der Waals surface area contributed by atoms with Crippen molar-refractivity contribution in [3.8, 4) is 0 Å². The molecule has 0 spiro atoms. The Balaban J connectivity index is 2.06. The summed E-state index contributed by atoms with van der Waals surface area (Å²) in [6.07, 6.45) is -0.418. The first-order valence-corrected chi connectivity index (χ1v) is 6.68. The average molecular weight is 335 g/mol. The number of hydrogen-bond donors (Lipinski definition) is 1. The number of anilines is 1. The molecular formula is C12H13BrF2N2O2. The molecule has 0 amide bonds. The second-order valence-corrected chi connectivity index (χ2v) is 5.21. The Bertz CT molecular complexity index is 489. The van der Waals surface area contributed by atoms with Gasteiger partial charge < -0.3 is 10.1 Å². The average Bonchev–Trinajstić information content (AvgIpc) is 2.29. The van der Waals surface area contributed by atoms with E-state index in [1.807, 2.05) is 0 Å². The molecule has 1 aliphatic rings. The lowest BCUT2D eigenvalue weighted by Gasteiger charge is -2.35. The number of alkyl halides is 2. The van der Waals surface area contributed by atoms with E-state index in [1.54, 1.807) is 19.1 Å². The van der Waals surface area contributed by atoms with Gasteiger partial charge in [-0.1, -0.05) is 0 Å². The van der Waals surface area contributed by atoms with Gasteiger partial charge in [0.2, 0.25) is 0 Å². The number of aromatic nitrogens is 1. The van der Waals surface area contributed by atoms with Crippen LogP contribution in [0, 0.1) is 0 Å². The highest BCUT2D eigenvalue weighted by Gasteiger charge is 2.45. The summed E-state index contributed by atoms with van der Waals surface area (Å²) in [5.41, 5.74) is 0.137. The maximum Gasteiger partial charge on any atom is 0.358 e. The molecule has 0 unspecified atom stereocenters. The Labute approximate surface area is 117 Å². The molecule has 19 heavy (non-hydrogen) atoms. The van der Waals surface area contributed by atoms with E-state index >= 15 is 0 Å². The third kappa shape index (κ3) is 3.40. The van der Waals surface area contributed by atoms with Crippen LogP contribution in [0.4, 0.5) is 14.6 Å². The summed E-state index contributed by atoms with van der Waals surface area (Å²) in [5.74, 6) is -2.74. The lowest BCUT2D eigenvalue weighted by atomic mass is 9.88. The van der Waals surface area contributed by atoms with E-state index < -0.39 is 11.9 Å². The molecule has 1 aliphatic carbocycles. The highest BCUT2D eigenvalue weighted by atomic mass is 79.9. The molecule has 1 heterocycles. The first kappa shape index (κ1) is 14.2. The number of pyridine rings is 1. The molecule has 1 aromatic rings. The van der Waals surface area contributed by atoms with Gasteiger partial charge in [0.15, 0.2) is 5.69 Å². The number of carbonyl (C=O) groups is 1. The van der Waals surface area contributed by atoms with Crippen molar-refractivity contribution in [2.24, 2.45) is 0 Å². The quantitative estimate of drug-likeness (QED) is 0.859. The number of hydrogen-bond acceptors (Lipinski definition) is 4. The Morgan fingerprint density at radius 1 is 1.58 bits per heavy atom. The van der Waals surface area contributed by atoms with Gasteiger partial charge in [-0.2, -0.15) is 0 Å². The molecule has 4 nitrogen and oxygen atoms in total. The first-order chi connectivity index (χ1) is 8.91. The van der Waals surface area contributed by atoms with E-state index in [4.69, 9.17) is 4.74 Å². The summed E-state index contributed by atoms with van der Waals surface area (Å²) < 4.78 is 30.8. The number of rotatable bonds is 4. The molecule has 1 saturated carbocycles. The molecule has 0 aliphatic heterocycles. The highest BCUT2D eigenvalue weighted by molar-refractivity contribution is 9.10. The molecule has 2 rings (SSSR count). The Kier molecular flexibility index (Phi) is 4.03. The number of carbonyl (C=O) groups excluding carboxylic acids is 1. The van der Waals surface area contributed by atoms with Gasteiger partial charge in [-0.05, 0) is 35.0 Å². The van der Waals surface area contributed by atoms with Crippen molar-refractivity contribution in [2.45, 2.75) is 31.7 Å². The Morgan fingerprint density at radius 2 is 2.26 bits per heavy atom. The van der Waals surface area contributed by atoms with E-state index in [9.17, 15) is 13.6 Å². The van der Waals surface area contributed by atoms with Crippen molar-refractivity contribution in [1.29, 1.82) is 0 Å². The molecule has 7 heteroatoms. The maximum atomic E-state index is 12.7. The Hall–Kier alpha value is -1.24. The van der Waals surface area contributed by atoms with Crippen LogP contribution in [0.25, 0.3) is 0 Å². The van der Waals surface area contributed by atoms with Crippen LogP contribution in [0.1, 0.15) is 30.3 Å². The zero-order chi connectivity index (χ0) is 14.0. The number of ether oxygens (including phenoxy) is 1. The fourth-order valence-electron chi connectivity index (χ4n) is 1.84. The largest absolute Gasteiger partial charge is 0.461 e. The second-order valence-electron chi connectivity index (χ2n) is 4.35. The molecule has 104 valence electrons. The summed E-state index contributed by atoms with van der Waals surface area (Å²) in [7, 11) is 0. The summed E-state index contributed by atoms with van der Waals surface area (Å²) in [6, 6.07) is 2.96. The van der Waals surface area contributed by atoms with E-state index in [1.165, 1.54) is 0 Å². The minimum absolute atomic E-state index is 0.137. The van der Waals surface area contributed by atoms with E-state index in [-0.39, 0.29) is 31.2 Å². The highest BCUT2D eigenvalue weighted by Crippen LogP contribution is 2.38. The van der Waals surface area contributed by atoms with Crippen LogP contribution in [0.5, 0.6) is 0 Å². The standard InChI is InChI=1S/C12H13BrF2N2O2/c1-2-19-11(18)10-8(13)3-4-9(17-10)16-7-5-12(14,15)6-7/h3-4,7H,2,5-6H2,1H3,(H,16,17). The van der Waals surface area contributed by atoms with Crippen LogP contribution in [0.3, 0.4) is 0 Å². The minimum Gasteiger partial charge on any atom is -0.461 e. The van der Waals surface area contributed by atoms with Crippen LogP contribution in [-0.2, 0) is 4.74 Å². The fourth-order valence-corrected chi connectivity index (χ4v) is 2.22. The van der Waals surface area contributed by atoms with Crippen molar-refractivity contribution in [3.05, 3.63) is 22.3 Å². The number of halogens is 3. The summed E-state index contributed by atoms with van der Waals surface area (Å²) in [5, 5.41) is 2.88. The lowest BCUT2D eigenvalue weighted by molar-refractivity contribution is -0.0794. The van der Waals surface area contributed by atoms with Gasteiger partial charge in [0.05, 0.1) is 11.1 Å². The molecule has 0 radical (unpaired) electrons. The van der Waals surface area contributed by atoms with Crippen molar-refractivity contribution < 1.29 is 18.3 Å². The van der Waals surface area contributed by atoms with Crippen LogP contribution < -0.4 is 5.32 Å². The summed E-state index contributed by atoms with van der Waals surface area (Å²) in [6.45, 7) is 1.95. The lowest BCUT2D eigenvalue weighted by Crippen LogP contribution is -2.44. The molecule has 0 bridgehead atoms. The van der Waals surface area contributed by atoms with Crippen molar-refractivity contribution >= 4 is 27.7 Å². The molecule has 1 N–H and O–H groups in total. The van der Waals surface area contributed by atoms with Gasteiger partial charge in [0.25, 0.3) is 5.92 Å². The smallest absolute Gasteiger partial charge is 0.358 e. The van der Waals surface area contributed by atoms with Gasteiger partial charge in [-0.3, -0.25) is 0 Å². The number of nitrogens with one attached hydrogen (secondary N) is 1. The van der Waals surface area contributed by atoms with Crippen molar-refractivity contribution in [1.82, 2.24) is 4.98 Å². The number of esters is 1. The molecule has 0 atom stereocenters. The van der Waals surface area contributed by atoms with Crippen LogP contribution in [-0.4, -0.2) is 29.5 Å². The fraction of sp³-hybridized carbons (Fsp3) is 0.500. The van der Waals surface area contributed by atoms with Gasteiger partial charge in [-0.25, -0.2) is 18.6 Å². The van der Waals surface area contributed by atoms with Crippen LogP contribution in [0.15, 0.2) is 16.6 Å². The summed E-state index contributed by atoms with van der Waals surface area (Å²) in [4.78, 5) is 15.7. The van der Waals surface area contributed by atoms with Crippen molar-refractivity contribution in [3.63, 3.8) is 0 Å². The minimum atomic E-state index is -2.59. The molecule has 1 fully saturated rings. The first-order valence-electron chi connectivity index (χ1n) is 5.89. The molecule has 1 aromatic heterocycles. The number of nitrogens with zero attached hydrogens (tertiary/aromatic N) is 1. The normalized spacial score (nSPS) is 17.7. The third-order valence-corrected chi connectivity index (χ3v) is 3.40. The predicted molar refractivity (Wildman–Crippen MR) is 69.5 cm³/mol. The monoisotopic (exact) mass is 334 g/mol. The second kappa shape index (κ2) is 5.40. The molecular weight excluding hydrogens is 322 g/mol. The topological polar surface area (TPSA) is 51.2 Å².